The molecule has 0 unspecified atom stereocenters. The van der Waals surface area contributed by atoms with Crippen molar-refractivity contribution in [2.45, 2.75) is 30.1 Å². The van der Waals surface area contributed by atoms with Crippen molar-refractivity contribution in [1.29, 1.82) is 0 Å². The van der Waals surface area contributed by atoms with E-state index in [0.717, 1.165) is 43.8 Å². The van der Waals surface area contributed by atoms with Crippen LogP contribution < -0.4 is 10.9 Å². The van der Waals surface area contributed by atoms with E-state index in [4.69, 9.17) is 0 Å². The molecule has 5 nitrogen and oxygen atoms in total. The molecule has 0 saturated carbocycles. The molecule has 2 aromatic heterocycles. The number of aromatic amines is 2. The van der Waals surface area contributed by atoms with Crippen LogP contribution in [-0.4, -0.2) is 15.9 Å². The number of hydrogen-bond donors (Lipinski definition) is 3. The molecule has 0 aliphatic heterocycles. The molecule has 1 amide bonds. The molecule has 0 bridgehead atoms. The second-order valence-electron chi connectivity index (χ2n) is 6.39. The Kier molecular flexibility index (Phi) is 4.49. The molecule has 6 heteroatoms. The lowest BCUT2D eigenvalue weighted by molar-refractivity contribution is -0.114. The van der Waals surface area contributed by atoms with Gasteiger partial charge >= 0.3 is 0 Å². The maximum absolute atomic E-state index is 12.3. The van der Waals surface area contributed by atoms with Crippen molar-refractivity contribution in [3.63, 3.8) is 0 Å². The van der Waals surface area contributed by atoms with Gasteiger partial charge in [-0.05, 0) is 48.4 Å². The lowest BCUT2D eigenvalue weighted by Crippen LogP contribution is -2.06. The summed E-state index contributed by atoms with van der Waals surface area (Å²) in [7, 11) is 0. The van der Waals surface area contributed by atoms with Gasteiger partial charge in [0.15, 0.2) is 0 Å². The quantitative estimate of drug-likeness (QED) is 0.483. The summed E-state index contributed by atoms with van der Waals surface area (Å²) < 4.78 is 0. The summed E-state index contributed by atoms with van der Waals surface area (Å²) in [6, 6.07) is 13.8. The third kappa shape index (κ3) is 3.36. The van der Waals surface area contributed by atoms with E-state index in [0.29, 0.717) is 5.52 Å². The van der Waals surface area contributed by atoms with Gasteiger partial charge in [-0.2, -0.15) is 0 Å². The largest absolute Gasteiger partial charge is 0.356 e. The minimum Gasteiger partial charge on any atom is -0.356 e. The Labute approximate surface area is 160 Å². The predicted octanol–water partition coefficient (Wildman–Crippen LogP) is 4.68. The number of hydrogen-bond acceptors (Lipinski definition) is 3. The standard InChI is InChI=1S/C21H19N3O2S/c1-3-13-11-22-20-19(13)17-10-16(7-8-18(17)24-21(20)26)27-15-6-4-5-14(9-15)23-12(2)25/h4-11,22H,3H2,1-2H3,(H,23,25)(H,24,26). The van der Waals surface area contributed by atoms with Crippen molar-refractivity contribution >= 4 is 45.2 Å². The molecule has 0 radical (unpaired) electrons. The van der Waals surface area contributed by atoms with Gasteiger partial charge in [0.2, 0.25) is 5.91 Å². The van der Waals surface area contributed by atoms with Crippen LogP contribution in [0.4, 0.5) is 5.69 Å². The number of pyridine rings is 1. The molecule has 3 N–H and O–H groups in total. The maximum atomic E-state index is 12.3. The summed E-state index contributed by atoms with van der Waals surface area (Å²) in [5.41, 5.74) is 3.27. The van der Waals surface area contributed by atoms with E-state index in [1.165, 1.54) is 6.92 Å². The lowest BCUT2D eigenvalue weighted by atomic mass is 10.1. The fraction of sp³-hybridized carbons (Fsp3) is 0.143. The van der Waals surface area contributed by atoms with Crippen molar-refractivity contribution in [3.05, 3.63) is 64.6 Å². The van der Waals surface area contributed by atoms with Crippen LogP contribution in [0.2, 0.25) is 0 Å². The highest BCUT2D eigenvalue weighted by Crippen LogP contribution is 2.33. The summed E-state index contributed by atoms with van der Waals surface area (Å²) in [5, 5.41) is 4.83. The summed E-state index contributed by atoms with van der Waals surface area (Å²) in [6.07, 6.45) is 2.77. The van der Waals surface area contributed by atoms with Crippen molar-refractivity contribution in [1.82, 2.24) is 9.97 Å². The number of benzene rings is 2. The van der Waals surface area contributed by atoms with Gasteiger partial charge in [-0.1, -0.05) is 24.8 Å². The van der Waals surface area contributed by atoms with E-state index in [2.05, 4.69) is 28.3 Å². The molecule has 0 spiro atoms. The fourth-order valence-corrected chi connectivity index (χ4v) is 4.21. The van der Waals surface area contributed by atoms with Gasteiger partial charge in [-0.25, -0.2) is 0 Å². The number of rotatable bonds is 4. The Morgan fingerprint density at radius 3 is 2.74 bits per heavy atom. The van der Waals surface area contributed by atoms with Crippen molar-refractivity contribution in [3.8, 4) is 0 Å². The number of nitrogens with one attached hydrogen (secondary N) is 3. The Morgan fingerprint density at radius 2 is 1.96 bits per heavy atom. The van der Waals surface area contributed by atoms with Crippen molar-refractivity contribution in [2.24, 2.45) is 0 Å². The second-order valence-corrected chi connectivity index (χ2v) is 7.54. The fourth-order valence-electron chi connectivity index (χ4n) is 3.29. The van der Waals surface area contributed by atoms with Crippen LogP contribution >= 0.6 is 11.8 Å². The van der Waals surface area contributed by atoms with E-state index in [9.17, 15) is 9.59 Å². The van der Waals surface area contributed by atoms with E-state index >= 15 is 0 Å². The minimum atomic E-state index is -0.0967. The zero-order valence-corrected chi connectivity index (χ0v) is 15.9. The summed E-state index contributed by atoms with van der Waals surface area (Å²) in [5.74, 6) is -0.0891. The molecule has 0 aliphatic carbocycles. The zero-order valence-electron chi connectivity index (χ0n) is 15.1. The molecular weight excluding hydrogens is 358 g/mol. The molecular formula is C21H19N3O2S. The van der Waals surface area contributed by atoms with Crippen LogP contribution in [0.1, 0.15) is 19.4 Å². The number of amides is 1. The van der Waals surface area contributed by atoms with E-state index in [-0.39, 0.29) is 11.5 Å². The Morgan fingerprint density at radius 1 is 1.15 bits per heavy atom. The van der Waals surface area contributed by atoms with Crippen LogP contribution in [0.3, 0.4) is 0 Å². The van der Waals surface area contributed by atoms with Crippen molar-refractivity contribution < 1.29 is 4.79 Å². The molecule has 2 heterocycles. The van der Waals surface area contributed by atoms with Gasteiger partial charge in [0.25, 0.3) is 5.56 Å². The molecule has 0 aliphatic rings. The minimum absolute atomic E-state index is 0.0891. The van der Waals surface area contributed by atoms with Gasteiger partial charge in [-0.15, -0.1) is 0 Å². The first-order valence-corrected chi connectivity index (χ1v) is 9.58. The molecule has 4 rings (SSSR count). The Balaban J connectivity index is 1.78. The summed E-state index contributed by atoms with van der Waals surface area (Å²) >= 11 is 1.62. The third-order valence-electron chi connectivity index (χ3n) is 4.47. The molecule has 4 aromatic rings. The highest BCUT2D eigenvalue weighted by atomic mass is 32.2. The smallest absolute Gasteiger partial charge is 0.272 e. The Bertz CT molecular complexity index is 1220. The first-order valence-electron chi connectivity index (χ1n) is 8.76. The number of carbonyl (C=O) groups excluding carboxylic acids is 1. The normalized spacial score (nSPS) is 11.2. The number of aromatic nitrogens is 2. The summed E-state index contributed by atoms with van der Waals surface area (Å²) in [6.45, 7) is 3.58. The highest BCUT2D eigenvalue weighted by Gasteiger charge is 2.11. The highest BCUT2D eigenvalue weighted by molar-refractivity contribution is 7.99. The third-order valence-corrected chi connectivity index (χ3v) is 5.45. The van der Waals surface area contributed by atoms with Crippen LogP contribution in [0.5, 0.6) is 0 Å². The van der Waals surface area contributed by atoms with Crippen LogP contribution in [0, 0.1) is 0 Å². The predicted molar refractivity (Wildman–Crippen MR) is 111 cm³/mol. The molecule has 0 saturated heterocycles. The zero-order chi connectivity index (χ0) is 19.0. The van der Waals surface area contributed by atoms with Gasteiger partial charge < -0.3 is 15.3 Å². The topological polar surface area (TPSA) is 77.8 Å². The monoisotopic (exact) mass is 377 g/mol. The number of H-pyrrole nitrogens is 2. The van der Waals surface area contributed by atoms with Gasteiger partial charge in [0.05, 0.1) is 0 Å². The summed E-state index contributed by atoms with van der Waals surface area (Å²) in [4.78, 5) is 31.7. The molecule has 0 atom stereocenters. The van der Waals surface area contributed by atoms with Crippen LogP contribution in [-0.2, 0) is 11.2 Å². The van der Waals surface area contributed by atoms with Gasteiger partial charge in [-0.3, -0.25) is 9.59 Å². The average molecular weight is 377 g/mol. The first kappa shape index (κ1) is 17.4. The molecule has 136 valence electrons. The molecule has 2 aromatic carbocycles. The number of fused-ring (bicyclic) bond motifs is 3. The number of carbonyl (C=O) groups is 1. The Hall–Kier alpha value is -2.99. The van der Waals surface area contributed by atoms with Crippen LogP contribution in [0.25, 0.3) is 21.8 Å². The van der Waals surface area contributed by atoms with Crippen LogP contribution in [0.15, 0.2) is 63.2 Å². The second kappa shape index (κ2) is 6.96. The van der Waals surface area contributed by atoms with Gasteiger partial charge in [0.1, 0.15) is 5.52 Å². The number of aryl methyl sites for hydroxylation is 1. The number of anilines is 1. The first-order chi connectivity index (χ1) is 13.0. The maximum Gasteiger partial charge on any atom is 0.272 e. The lowest BCUT2D eigenvalue weighted by Gasteiger charge is -2.08. The van der Waals surface area contributed by atoms with Crippen molar-refractivity contribution in [2.75, 3.05) is 5.32 Å². The van der Waals surface area contributed by atoms with Gasteiger partial charge in [0, 0.05) is 44.9 Å². The van der Waals surface area contributed by atoms with E-state index < -0.39 is 0 Å². The average Bonchev–Trinajstić information content (AvgIpc) is 3.07. The SMILES string of the molecule is CCc1c[nH]c2c(=O)[nH]c3ccc(Sc4cccc(NC(C)=O)c4)cc3c12. The molecule has 0 fully saturated rings. The molecule has 27 heavy (non-hydrogen) atoms. The van der Waals surface area contributed by atoms with E-state index in [1.54, 1.807) is 11.8 Å². The van der Waals surface area contributed by atoms with E-state index in [1.807, 2.05) is 42.6 Å².